The van der Waals surface area contributed by atoms with Crippen LogP contribution in [0.1, 0.15) is 35.8 Å². The number of para-hydroxylation sites is 1. The maximum absolute atomic E-state index is 13.5. The van der Waals surface area contributed by atoms with Gasteiger partial charge in [-0.05, 0) is 50.1 Å². The van der Waals surface area contributed by atoms with Gasteiger partial charge >= 0.3 is 0 Å². The zero-order valence-corrected chi connectivity index (χ0v) is 22.0. The Balaban J connectivity index is 1.83. The Morgan fingerprint density at radius 3 is 2.22 bits per heavy atom. The Morgan fingerprint density at radius 1 is 0.973 bits per heavy atom. The average molecular weight is 525 g/mol. The van der Waals surface area contributed by atoms with Crippen LogP contribution in [0.25, 0.3) is 17.1 Å². The van der Waals surface area contributed by atoms with Crippen LogP contribution in [0.2, 0.25) is 0 Å². The number of hydrogen-bond donors (Lipinski definition) is 1. The van der Waals surface area contributed by atoms with E-state index in [1.807, 2.05) is 13.0 Å². The molecule has 0 aliphatic rings. The number of nitrogens with zero attached hydrogens (tertiary/aromatic N) is 6. The number of aryl methyl sites for hydroxylation is 2. The lowest BCUT2D eigenvalue weighted by Crippen LogP contribution is -2.29. The molecule has 12 heteroatoms. The summed E-state index contributed by atoms with van der Waals surface area (Å²) < 4.78 is 39.8. The molecule has 1 N–H and O–H groups in total. The predicted molar refractivity (Wildman–Crippen MR) is 136 cm³/mol. The molecular weight excluding hydrogens is 496 g/mol. The van der Waals surface area contributed by atoms with E-state index in [0.717, 1.165) is 11.1 Å². The number of rotatable bonds is 9. The van der Waals surface area contributed by atoms with Gasteiger partial charge < -0.3 is 14.6 Å². The highest BCUT2D eigenvalue weighted by atomic mass is 32.2. The Hall–Kier alpha value is -3.90. The summed E-state index contributed by atoms with van der Waals surface area (Å²) in [6.07, 6.45) is 4.95. The van der Waals surface area contributed by atoms with Gasteiger partial charge in [-0.2, -0.15) is 0 Å². The zero-order valence-electron chi connectivity index (χ0n) is 21.2. The van der Waals surface area contributed by atoms with Crippen LogP contribution in [0, 0.1) is 13.8 Å². The number of sulfone groups is 1. The van der Waals surface area contributed by atoms with Gasteiger partial charge in [0, 0.05) is 30.4 Å². The molecule has 11 nitrogen and oxygen atoms in total. The second-order valence-electron chi connectivity index (χ2n) is 8.61. The van der Waals surface area contributed by atoms with Crippen LogP contribution in [0.5, 0.6) is 11.5 Å². The second-order valence-corrected chi connectivity index (χ2v) is 11.0. The maximum atomic E-state index is 13.5. The summed E-state index contributed by atoms with van der Waals surface area (Å²) in [6, 6.07) is 7.09. The van der Waals surface area contributed by atoms with Crippen molar-refractivity contribution in [1.29, 1.82) is 0 Å². The maximum Gasteiger partial charge on any atom is 0.170 e. The highest BCUT2D eigenvalue weighted by Crippen LogP contribution is 2.37. The molecule has 1 aromatic carbocycles. The van der Waals surface area contributed by atoms with Crippen LogP contribution in [0.15, 0.2) is 49.1 Å². The van der Waals surface area contributed by atoms with E-state index in [1.165, 1.54) is 33.5 Å². The van der Waals surface area contributed by atoms with E-state index < -0.39 is 26.9 Å². The quantitative estimate of drug-likeness (QED) is 0.347. The summed E-state index contributed by atoms with van der Waals surface area (Å²) >= 11 is 0. The first-order chi connectivity index (χ1) is 17.7. The molecule has 0 spiro atoms. The van der Waals surface area contributed by atoms with E-state index in [2.05, 4.69) is 25.1 Å². The van der Waals surface area contributed by atoms with E-state index in [0.29, 0.717) is 28.6 Å². The van der Waals surface area contributed by atoms with Crippen molar-refractivity contribution in [3.8, 4) is 28.6 Å². The van der Waals surface area contributed by atoms with Gasteiger partial charge in [0.05, 0.1) is 19.5 Å². The number of benzene rings is 1. The number of aliphatic hydroxyl groups excluding tert-OH is 1. The standard InChI is InChI=1S/C25H28N6O5S/c1-15-9-18(13-26-10-15)25-30-29-21(31(25)22-19(35-4)7-6-8-20(22)36-5)14-37(33,34)17(3)23(32)24-27-11-16(2)12-28-24/h6-13,17,23,32H,14H2,1-5H3/t17-,23+/m1/s1. The van der Waals surface area contributed by atoms with Gasteiger partial charge in [0.2, 0.25) is 0 Å². The minimum atomic E-state index is -3.97. The number of hydrogen-bond acceptors (Lipinski definition) is 10. The number of ether oxygens (including phenoxy) is 2. The minimum Gasteiger partial charge on any atom is -0.494 e. The van der Waals surface area contributed by atoms with Gasteiger partial charge in [-0.15, -0.1) is 10.2 Å². The average Bonchev–Trinajstić information content (AvgIpc) is 3.29. The monoisotopic (exact) mass is 524 g/mol. The number of pyridine rings is 1. The summed E-state index contributed by atoms with van der Waals surface area (Å²) in [5.74, 6) is 0.843. The fraction of sp³-hybridized carbons (Fsp3) is 0.320. The van der Waals surface area contributed by atoms with Crippen molar-refractivity contribution in [2.45, 2.75) is 37.9 Å². The molecular formula is C25H28N6O5S. The van der Waals surface area contributed by atoms with Gasteiger partial charge in [0.15, 0.2) is 27.3 Å². The van der Waals surface area contributed by atoms with Crippen molar-refractivity contribution >= 4 is 9.84 Å². The lowest BCUT2D eigenvalue weighted by molar-refractivity contribution is 0.166. The third kappa shape index (κ3) is 5.30. The van der Waals surface area contributed by atoms with Crippen molar-refractivity contribution in [1.82, 2.24) is 29.7 Å². The molecule has 4 aromatic rings. The first kappa shape index (κ1) is 26.2. The molecule has 0 aliphatic carbocycles. The molecule has 0 amide bonds. The zero-order chi connectivity index (χ0) is 26.7. The van der Waals surface area contributed by atoms with Crippen molar-refractivity contribution in [3.05, 3.63) is 71.8 Å². The molecule has 3 heterocycles. The number of aliphatic hydroxyl groups is 1. The van der Waals surface area contributed by atoms with E-state index in [4.69, 9.17) is 9.47 Å². The van der Waals surface area contributed by atoms with Crippen LogP contribution in [0.4, 0.5) is 0 Å². The fourth-order valence-corrected chi connectivity index (χ4v) is 5.16. The van der Waals surface area contributed by atoms with E-state index >= 15 is 0 Å². The third-order valence-corrected chi connectivity index (χ3v) is 7.95. The largest absolute Gasteiger partial charge is 0.494 e. The summed E-state index contributed by atoms with van der Waals surface area (Å²) in [6.45, 7) is 5.11. The molecule has 0 radical (unpaired) electrons. The van der Waals surface area contributed by atoms with Crippen molar-refractivity contribution < 1.29 is 23.0 Å². The molecule has 37 heavy (non-hydrogen) atoms. The molecule has 4 rings (SSSR count). The van der Waals surface area contributed by atoms with Crippen LogP contribution in [-0.2, 0) is 15.6 Å². The summed E-state index contributed by atoms with van der Waals surface area (Å²) in [5, 5.41) is 18.1. The van der Waals surface area contributed by atoms with Crippen molar-refractivity contribution in [2.75, 3.05) is 14.2 Å². The van der Waals surface area contributed by atoms with Gasteiger partial charge in [0.25, 0.3) is 0 Å². The molecule has 0 aliphatic heterocycles. The fourth-order valence-electron chi connectivity index (χ4n) is 3.83. The highest BCUT2D eigenvalue weighted by Gasteiger charge is 2.34. The van der Waals surface area contributed by atoms with Crippen LogP contribution >= 0.6 is 0 Å². The van der Waals surface area contributed by atoms with E-state index in [1.54, 1.807) is 42.1 Å². The Bertz CT molecular complexity index is 1480. The lowest BCUT2D eigenvalue weighted by Gasteiger charge is -2.20. The molecule has 0 unspecified atom stereocenters. The molecule has 0 saturated carbocycles. The molecule has 0 bridgehead atoms. The molecule has 194 valence electrons. The Morgan fingerprint density at radius 2 is 1.62 bits per heavy atom. The third-order valence-electron chi connectivity index (χ3n) is 5.90. The Labute approximate surface area is 215 Å². The van der Waals surface area contributed by atoms with E-state index in [-0.39, 0.29) is 11.6 Å². The molecule has 3 aromatic heterocycles. The number of aromatic nitrogens is 6. The first-order valence-electron chi connectivity index (χ1n) is 11.4. The minimum absolute atomic E-state index is 0.0288. The van der Waals surface area contributed by atoms with Crippen LogP contribution in [-0.4, -0.2) is 62.7 Å². The molecule has 0 saturated heterocycles. The Kier molecular flexibility index (Phi) is 7.50. The SMILES string of the molecule is COc1cccc(OC)c1-n1c(CS(=O)(=O)[C@H](C)[C@H](O)c2ncc(C)cn2)nnc1-c1cncc(C)c1. The van der Waals surface area contributed by atoms with Crippen LogP contribution in [0.3, 0.4) is 0 Å². The van der Waals surface area contributed by atoms with Crippen LogP contribution < -0.4 is 9.47 Å². The normalized spacial score (nSPS) is 13.2. The second kappa shape index (κ2) is 10.6. The van der Waals surface area contributed by atoms with E-state index in [9.17, 15) is 13.5 Å². The first-order valence-corrected chi connectivity index (χ1v) is 13.1. The van der Waals surface area contributed by atoms with Gasteiger partial charge in [-0.3, -0.25) is 9.55 Å². The molecule has 2 atom stereocenters. The summed E-state index contributed by atoms with van der Waals surface area (Å²) in [4.78, 5) is 12.4. The summed E-state index contributed by atoms with van der Waals surface area (Å²) in [5.41, 5.74) is 2.76. The smallest absolute Gasteiger partial charge is 0.170 e. The van der Waals surface area contributed by atoms with Crippen molar-refractivity contribution in [2.24, 2.45) is 0 Å². The lowest BCUT2D eigenvalue weighted by atomic mass is 10.2. The van der Waals surface area contributed by atoms with Crippen molar-refractivity contribution in [3.63, 3.8) is 0 Å². The van der Waals surface area contributed by atoms with Gasteiger partial charge in [-0.1, -0.05) is 6.07 Å². The number of methoxy groups -OCH3 is 2. The van der Waals surface area contributed by atoms with Gasteiger partial charge in [-0.25, -0.2) is 18.4 Å². The molecule has 0 fully saturated rings. The summed E-state index contributed by atoms with van der Waals surface area (Å²) in [7, 11) is -0.954. The predicted octanol–water partition coefficient (Wildman–Crippen LogP) is 2.79. The topological polar surface area (TPSA) is 142 Å². The highest BCUT2D eigenvalue weighted by molar-refractivity contribution is 7.91. The van der Waals surface area contributed by atoms with Gasteiger partial charge in [0.1, 0.15) is 29.0 Å².